The fourth-order valence-electron chi connectivity index (χ4n) is 2.74. The normalized spacial score (nSPS) is 19.2. The molecule has 17 heavy (non-hydrogen) atoms. The third-order valence-corrected chi connectivity index (χ3v) is 5.24. The van der Waals surface area contributed by atoms with Crippen molar-refractivity contribution in [2.24, 2.45) is 5.41 Å². The fourth-order valence-corrected chi connectivity index (χ4v) is 3.70. The molecule has 0 N–H and O–H groups in total. The molecule has 0 nitrogen and oxygen atoms in total. The average molecular weight is 320 g/mol. The van der Waals surface area contributed by atoms with E-state index < -0.39 is 0 Å². The summed E-state index contributed by atoms with van der Waals surface area (Å²) in [5, 5.41) is 1.26. The van der Waals surface area contributed by atoms with Crippen LogP contribution in [0.25, 0.3) is 0 Å². The largest absolute Gasteiger partial charge is 0.205 e. The summed E-state index contributed by atoms with van der Waals surface area (Å²) in [5.74, 6) is -0.327. The molecule has 1 saturated carbocycles. The van der Waals surface area contributed by atoms with Gasteiger partial charge in [0.15, 0.2) is 0 Å². The minimum atomic E-state index is -0.327. The molecule has 1 aliphatic carbocycles. The van der Waals surface area contributed by atoms with E-state index >= 15 is 0 Å². The molecule has 0 bridgehead atoms. The van der Waals surface area contributed by atoms with E-state index in [4.69, 9.17) is 11.6 Å². The summed E-state index contributed by atoms with van der Waals surface area (Å²) in [6.07, 6.45) is 7.47. The Morgan fingerprint density at radius 2 is 1.94 bits per heavy atom. The third-order valence-electron chi connectivity index (χ3n) is 3.76. The molecule has 0 aromatic heterocycles. The van der Waals surface area contributed by atoms with Crippen molar-refractivity contribution in [3.05, 3.63) is 34.6 Å². The van der Waals surface area contributed by atoms with Crippen LogP contribution in [0.1, 0.15) is 37.7 Å². The zero-order valence-corrected chi connectivity index (χ0v) is 12.2. The maximum Gasteiger partial charge on any atom is 0.141 e. The maximum absolute atomic E-state index is 13.1. The van der Waals surface area contributed by atoms with Crippen LogP contribution < -0.4 is 0 Å². The van der Waals surface area contributed by atoms with E-state index in [0.717, 1.165) is 17.3 Å². The van der Waals surface area contributed by atoms with E-state index in [1.165, 1.54) is 38.2 Å². The van der Waals surface area contributed by atoms with Gasteiger partial charge in [-0.2, -0.15) is 0 Å². The van der Waals surface area contributed by atoms with Crippen LogP contribution in [0.4, 0.5) is 4.39 Å². The van der Waals surface area contributed by atoms with E-state index in [1.807, 2.05) is 6.07 Å². The number of halogens is 3. The summed E-state index contributed by atoms with van der Waals surface area (Å²) in [6, 6.07) is 5.11. The van der Waals surface area contributed by atoms with Gasteiger partial charge in [-0.15, -0.1) is 0 Å². The summed E-state index contributed by atoms with van der Waals surface area (Å²) < 4.78 is 13.1. The second-order valence-corrected chi connectivity index (χ2v) is 6.09. The SMILES string of the molecule is Fc1ccc(CC2(CBr)CCCCC2)cc1Cl. The lowest BCUT2D eigenvalue weighted by molar-refractivity contribution is 0.223. The molecular formula is C14H17BrClF. The standard InChI is InChI=1S/C14H17BrClF/c15-10-14(6-2-1-3-7-14)9-11-4-5-13(17)12(16)8-11/h4-5,8H,1-3,6-7,9-10H2. The lowest BCUT2D eigenvalue weighted by atomic mass is 9.72. The van der Waals surface area contributed by atoms with E-state index in [2.05, 4.69) is 15.9 Å². The van der Waals surface area contributed by atoms with E-state index in [0.29, 0.717) is 5.41 Å². The predicted molar refractivity (Wildman–Crippen MR) is 74.4 cm³/mol. The molecule has 0 atom stereocenters. The van der Waals surface area contributed by atoms with Crippen molar-refractivity contribution in [3.8, 4) is 0 Å². The number of benzene rings is 1. The minimum absolute atomic E-state index is 0.239. The molecule has 1 aromatic rings. The van der Waals surface area contributed by atoms with Gasteiger partial charge < -0.3 is 0 Å². The molecule has 0 aliphatic heterocycles. The Kier molecular flexibility index (Phi) is 4.48. The molecule has 0 heterocycles. The van der Waals surface area contributed by atoms with Gasteiger partial charge in [-0.3, -0.25) is 0 Å². The quantitative estimate of drug-likeness (QED) is 0.657. The van der Waals surface area contributed by atoms with E-state index in [1.54, 1.807) is 6.07 Å². The van der Waals surface area contributed by atoms with Crippen molar-refractivity contribution in [3.63, 3.8) is 0 Å². The fraction of sp³-hybridized carbons (Fsp3) is 0.571. The van der Waals surface area contributed by atoms with Gasteiger partial charge in [-0.05, 0) is 42.4 Å². The number of hydrogen-bond donors (Lipinski definition) is 0. The van der Waals surface area contributed by atoms with Gasteiger partial charge in [-0.1, -0.05) is 52.9 Å². The summed E-state index contributed by atoms with van der Waals surface area (Å²) in [7, 11) is 0. The Morgan fingerprint density at radius 1 is 1.24 bits per heavy atom. The first-order valence-corrected chi connectivity index (χ1v) is 7.65. The van der Waals surface area contributed by atoms with Crippen LogP contribution in [0.5, 0.6) is 0 Å². The summed E-state index contributed by atoms with van der Waals surface area (Å²) in [6.45, 7) is 0. The smallest absolute Gasteiger partial charge is 0.141 e. The van der Waals surface area contributed by atoms with Crippen LogP contribution in [-0.4, -0.2) is 5.33 Å². The predicted octanol–water partition coefficient (Wildman–Crippen LogP) is 5.37. The molecule has 2 rings (SSSR count). The zero-order valence-electron chi connectivity index (χ0n) is 9.82. The van der Waals surface area contributed by atoms with Gasteiger partial charge in [0.25, 0.3) is 0 Å². The van der Waals surface area contributed by atoms with Crippen molar-refractivity contribution >= 4 is 27.5 Å². The van der Waals surface area contributed by atoms with Gasteiger partial charge in [0, 0.05) is 5.33 Å². The first kappa shape index (κ1) is 13.4. The maximum atomic E-state index is 13.1. The molecule has 1 aliphatic rings. The molecule has 0 spiro atoms. The molecular weight excluding hydrogens is 303 g/mol. The Bertz CT molecular complexity index is 386. The topological polar surface area (TPSA) is 0 Å². The highest BCUT2D eigenvalue weighted by Gasteiger charge is 2.31. The number of alkyl halides is 1. The molecule has 1 aromatic carbocycles. The van der Waals surface area contributed by atoms with Crippen molar-refractivity contribution in [2.45, 2.75) is 38.5 Å². The van der Waals surface area contributed by atoms with E-state index in [9.17, 15) is 4.39 Å². The first-order valence-electron chi connectivity index (χ1n) is 6.15. The second-order valence-electron chi connectivity index (χ2n) is 5.12. The van der Waals surface area contributed by atoms with E-state index in [-0.39, 0.29) is 10.8 Å². The number of hydrogen-bond acceptors (Lipinski definition) is 0. The van der Waals surface area contributed by atoms with Gasteiger partial charge in [0.2, 0.25) is 0 Å². The molecule has 0 amide bonds. The molecule has 3 heteroatoms. The average Bonchev–Trinajstić information content (AvgIpc) is 2.35. The Morgan fingerprint density at radius 3 is 2.53 bits per heavy atom. The second kappa shape index (κ2) is 5.71. The molecule has 0 radical (unpaired) electrons. The lowest BCUT2D eigenvalue weighted by Crippen LogP contribution is -2.28. The lowest BCUT2D eigenvalue weighted by Gasteiger charge is -2.36. The van der Waals surface area contributed by atoms with Crippen molar-refractivity contribution in [1.29, 1.82) is 0 Å². The molecule has 0 unspecified atom stereocenters. The van der Waals surface area contributed by atoms with Crippen LogP contribution in [0.3, 0.4) is 0 Å². The van der Waals surface area contributed by atoms with Crippen LogP contribution in [0.2, 0.25) is 5.02 Å². The van der Waals surface area contributed by atoms with Gasteiger partial charge in [0.05, 0.1) is 5.02 Å². The van der Waals surface area contributed by atoms with Crippen LogP contribution in [0.15, 0.2) is 18.2 Å². The molecule has 0 saturated heterocycles. The Labute approximate surface area is 116 Å². The summed E-state index contributed by atoms with van der Waals surface area (Å²) >= 11 is 9.48. The van der Waals surface area contributed by atoms with Gasteiger partial charge in [-0.25, -0.2) is 4.39 Å². The zero-order chi connectivity index (χ0) is 12.3. The monoisotopic (exact) mass is 318 g/mol. The highest BCUT2D eigenvalue weighted by atomic mass is 79.9. The minimum Gasteiger partial charge on any atom is -0.205 e. The summed E-state index contributed by atoms with van der Waals surface area (Å²) in [4.78, 5) is 0. The number of rotatable bonds is 3. The Hall–Kier alpha value is -0.0800. The third kappa shape index (κ3) is 3.23. The molecule has 1 fully saturated rings. The van der Waals surface area contributed by atoms with Crippen molar-refractivity contribution in [2.75, 3.05) is 5.33 Å². The van der Waals surface area contributed by atoms with Gasteiger partial charge in [0.1, 0.15) is 5.82 Å². The Balaban J connectivity index is 2.14. The van der Waals surface area contributed by atoms with Crippen LogP contribution in [-0.2, 0) is 6.42 Å². The summed E-state index contributed by atoms with van der Waals surface area (Å²) in [5.41, 5.74) is 1.50. The van der Waals surface area contributed by atoms with Crippen molar-refractivity contribution in [1.82, 2.24) is 0 Å². The van der Waals surface area contributed by atoms with Crippen molar-refractivity contribution < 1.29 is 4.39 Å². The van der Waals surface area contributed by atoms with Crippen LogP contribution in [0, 0.1) is 11.2 Å². The highest BCUT2D eigenvalue weighted by molar-refractivity contribution is 9.09. The molecule has 94 valence electrons. The van der Waals surface area contributed by atoms with Crippen LogP contribution >= 0.6 is 27.5 Å². The van der Waals surface area contributed by atoms with Gasteiger partial charge >= 0.3 is 0 Å². The highest BCUT2D eigenvalue weighted by Crippen LogP contribution is 2.41. The first-order chi connectivity index (χ1) is 8.15.